The third kappa shape index (κ3) is 3.70. The van der Waals surface area contributed by atoms with Gasteiger partial charge in [-0.3, -0.25) is 4.79 Å². The van der Waals surface area contributed by atoms with Crippen LogP contribution in [0.3, 0.4) is 0 Å². The number of hydrogen-bond donors (Lipinski definition) is 3. The van der Waals surface area contributed by atoms with Crippen LogP contribution in [-0.2, 0) is 11.3 Å². The van der Waals surface area contributed by atoms with Crippen molar-refractivity contribution in [3.8, 4) is 0 Å². The van der Waals surface area contributed by atoms with Gasteiger partial charge in [-0.2, -0.15) is 0 Å². The van der Waals surface area contributed by atoms with Crippen LogP contribution < -0.4 is 11.1 Å². The Morgan fingerprint density at radius 3 is 2.94 bits per heavy atom. The van der Waals surface area contributed by atoms with Crippen LogP contribution in [0.15, 0.2) is 10.5 Å². The molecule has 1 aromatic heterocycles. The van der Waals surface area contributed by atoms with Crippen molar-refractivity contribution < 1.29 is 10.0 Å². The molecule has 6 nitrogen and oxygen atoms in total. The van der Waals surface area contributed by atoms with E-state index in [1.54, 1.807) is 6.92 Å². The number of amides is 1. The number of oxime groups is 1. The molecular formula is C10H16N4O2S. The van der Waals surface area contributed by atoms with Crippen molar-refractivity contribution in [2.24, 2.45) is 16.8 Å². The molecule has 1 atom stereocenters. The van der Waals surface area contributed by atoms with E-state index in [0.29, 0.717) is 13.0 Å². The van der Waals surface area contributed by atoms with Crippen molar-refractivity contribution in [1.29, 1.82) is 0 Å². The Labute approximate surface area is 104 Å². The van der Waals surface area contributed by atoms with Crippen LogP contribution >= 0.6 is 11.3 Å². The first kappa shape index (κ1) is 13.4. The van der Waals surface area contributed by atoms with Gasteiger partial charge in [0.2, 0.25) is 5.91 Å². The largest absolute Gasteiger partial charge is 0.409 e. The summed E-state index contributed by atoms with van der Waals surface area (Å²) in [6.07, 6.45) is 0.484. The van der Waals surface area contributed by atoms with Gasteiger partial charge in [-0.1, -0.05) is 12.1 Å². The zero-order valence-electron chi connectivity index (χ0n) is 9.80. The third-order valence-corrected chi connectivity index (χ3v) is 3.13. The van der Waals surface area contributed by atoms with Gasteiger partial charge in [-0.25, -0.2) is 4.98 Å². The van der Waals surface area contributed by atoms with Crippen LogP contribution in [0.25, 0.3) is 0 Å². The summed E-state index contributed by atoms with van der Waals surface area (Å²) in [6, 6.07) is 0. The molecule has 0 spiro atoms. The molecule has 0 aliphatic carbocycles. The second-order valence-electron chi connectivity index (χ2n) is 3.56. The lowest BCUT2D eigenvalue weighted by Gasteiger charge is -2.12. The molecule has 1 unspecified atom stereocenters. The molecular weight excluding hydrogens is 240 g/mol. The lowest BCUT2D eigenvalue weighted by Crippen LogP contribution is -2.38. The van der Waals surface area contributed by atoms with E-state index in [0.717, 1.165) is 10.7 Å². The predicted molar refractivity (Wildman–Crippen MR) is 65.9 cm³/mol. The highest BCUT2D eigenvalue weighted by atomic mass is 32.1. The van der Waals surface area contributed by atoms with Crippen LogP contribution in [0.2, 0.25) is 0 Å². The van der Waals surface area contributed by atoms with Crippen LogP contribution in [-0.4, -0.2) is 21.9 Å². The van der Waals surface area contributed by atoms with E-state index in [1.165, 1.54) is 11.3 Å². The Balaban J connectivity index is 2.54. The maximum absolute atomic E-state index is 11.7. The molecule has 94 valence electrons. The van der Waals surface area contributed by atoms with E-state index in [-0.39, 0.29) is 11.7 Å². The summed E-state index contributed by atoms with van der Waals surface area (Å²) in [5, 5.41) is 17.0. The number of aryl methyl sites for hydroxylation is 1. The van der Waals surface area contributed by atoms with Gasteiger partial charge in [0.05, 0.1) is 23.2 Å². The van der Waals surface area contributed by atoms with Crippen molar-refractivity contribution in [1.82, 2.24) is 10.3 Å². The lowest BCUT2D eigenvalue weighted by atomic mass is 10.0. The summed E-state index contributed by atoms with van der Waals surface area (Å²) < 4.78 is 0. The van der Waals surface area contributed by atoms with Gasteiger partial charge >= 0.3 is 0 Å². The average molecular weight is 256 g/mol. The number of nitrogens with two attached hydrogens (primary N) is 1. The number of amidine groups is 1. The molecule has 1 aromatic rings. The highest BCUT2D eigenvalue weighted by Gasteiger charge is 2.20. The molecule has 4 N–H and O–H groups in total. The fraction of sp³-hybridized carbons (Fsp3) is 0.500. The second kappa shape index (κ2) is 6.19. The third-order valence-electron chi connectivity index (χ3n) is 2.31. The first-order chi connectivity index (χ1) is 8.08. The molecule has 0 aliphatic rings. The molecule has 0 aliphatic heterocycles. The molecule has 1 heterocycles. The maximum atomic E-state index is 11.7. The first-order valence-corrected chi connectivity index (χ1v) is 6.12. The fourth-order valence-electron chi connectivity index (χ4n) is 1.39. The van der Waals surface area contributed by atoms with Crippen LogP contribution in [0, 0.1) is 12.8 Å². The van der Waals surface area contributed by atoms with Crippen molar-refractivity contribution >= 4 is 23.1 Å². The van der Waals surface area contributed by atoms with Gasteiger partial charge in [-0.15, -0.1) is 11.3 Å². The van der Waals surface area contributed by atoms with E-state index in [2.05, 4.69) is 15.5 Å². The highest BCUT2D eigenvalue weighted by molar-refractivity contribution is 7.09. The summed E-state index contributed by atoms with van der Waals surface area (Å²) in [4.78, 5) is 16.0. The smallest absolute Gasteiger partial charge is 0.231 e. The van der Waals surface area contributed by atoms with Crippen LogP contribution in [0.4, 0.5) is 0 Å². The molecule has 0 fully saturated rings. The van der Waals surface area contributed by atoms with E-state index in [4.69, 9.17) is 10.9 Å². The molecule has 0 radical (unpaired) electrons. The average Bonchev–Trinajstić information content (AvgIpc) is 2.73. The second-order valence-corrected chi connectivity index (χ2v) is 4.62. The minimum Gasteiger partial charge on any atom is -0.409 e. The summed E-state index contributed by atoms with van der Waals surface area (Å²) in [5.74, 6) is -0.923. The summed E-state index contributed by atoms with van der Waals surface area (Å²) in [7, 11) is 0. The number of nitrogens with zero attached hydrogens (tertiary/aromatic N) is 2. The maximum Gasteiger partial charge on any atom is 0.231 e. The van der Waals surface area contributed by atoms with E-state index in [1.807, 2.05) is 12.3 Å². The molecule has 1 rings (SSSR count). The predicted octanol–water partition coefficient (Wildman–Crippen LogP) is 0.840. The Hall–Kier alpha value is -1.63. The zero-order chi connectivity index (χ0) is 12.8. The molecule has 0 saturated carbocycles. The van der Waals surface area contributed by atoms with E-state index >= 15 is 0 Å². The van der Waals surface area contributed by atoms with Gasteiger partial charge in [0, 0.05) is 5.38 Å². The van der Waals surface area contributed by atoms with Crippen LogP contribution in [0.5, 0.6) is 0 Å². The number of nitrogens with one attached hydrogen (secondary N) is 1. The number of carbonyl (C=O) groups is 1. The molecule has 17 heavy (non-hydrogen) atoms. The Kier molecular flexibility index (Phi) is 4.89. The molecule has 0 saturated heterocycles. The summed E-state index contributed by atoms with van der Waals surface area (Å²) >= 11 is 1.53. The number of aromatic nitrogens is 1. The topological polar surface area (TPSA) is 101 Å². The molecule has 7 heteroatoms. The van der Waals surface area contributed by atoms with Crippen molar-refractivity contribution in [2.75, 3.05) is 0 Å². The standard InChI is InChI=1S/C10H16N4O2S/c1-3-8(9(11)14-16)10(15)12-4-7-5-17-6(2)13-7/h5,8,16H,3-4H2,1-2H3,(H2,11,14)(H,12,15). The normalized spacial score (nSPS) is 13.4. The fourth-order valence-corrected chi connectivity index (χ4v) is 2.00. The molecule has 1 amide bonds. The van der Waals surface area contributed by atoms with Crippen molar-refractivity contribution in [3.63, 3.8) is 0 Å². The monoisotopic (exact) mass is 256 g/mol. The zero-order valence-corrected chi connectivity index (χ0v) is 10.6. The number of carbonyl (C=O) groups excluding carboxylic acids is 1. The number of thiazole rings is 1. The van der Waals surface area contributed by atoms with Gasteiger partial charge in [0.1, 0.15) is 0 Å². The SMILES string of the molecule is CCC(C(=O)NCc1csc(C)n1)C(N)=NO. The molecule has 0 aromatic carbocycles. The van der Waals surface area contributed by atoms with Crippen LogP contribution in [0.1, 0.15) is 24.0 Å². The minimum atomic E-state index is -0.597. The number of rotatable bonds is 5. The summed E-state index contributed by atoms with van der Waals surface area (Å²) in [5.41, 5.74) is 6.24. The quantitative estimate of drug-likeness (QED) is 0.314. The Morgan fingerprint density at radius 1 is 1.76 bits per heavy atom. The molecule has 0 bridgehead atoms. The summed E-state index contributed by atoms with van der Waals surface area (Å²) in [6.45, 7) is 4.06. The van der Waals surface area contributed by atoms with Gasteiger partial charge < -0.3 is 16.3 Å². The van der Waals surface area contributed by atoms with Gasteiger partial charge in [0.25, 0.3) is 0 Å². The lowest BCUT2D eigenvalue weighted by molar-refractivity contribution is -0.123. The van der Waals surface area contributed by atoms with Gasteiger partial charge in [-0.05, 0) is 13.3 Å². The Bertz CT molecular complexity index is 416. The van der Waals surface area contributed by atoms with Crippen molar-refractivity contribution in [3.05, 3.63) is 16.1 Å². The Morgan fingerprint density at radius 2 is 2.47 bits per heavy atom. The van der Waals surface area contributed by atoms with Crippen molar-refractivity contribution in [2.45, 2.75) is 26.8 Å². The van der Waals surface area contributed by atoms with E-state index in [9.17, 15) is 4.79 Å². The van der Waals surface area contributed by atoms with E-state index < -0.39 is 5.92 Å². The minimum absolute atomic E-state index is 0.0699. The van der Waals surface area contributed by atoms with Gasteiger partial charge in [0.15, 0.2) is 5.84 Å². The number of hydrogen-bond acceptors (Lipinski definition) is 5. The first-order valence-electron chi connectivity index (χ1n) is 5.24. The highest BCUT2D eigenvalue weighted by Crippen LogP contribution is 2.08.